The van der Waals surface area contributed by atoms with Crippen LogP contribution in [0.25, 0.3) is 11.0 Å². The van der Waals surface area contributed by atoms with E-state index in [9.17, 15) is 29.5 Å². The number of allylic oxidation sites excluding steroid dienone is 1. The Labute approximate surface area is 248 Å². The highest BCUT2D eigenvalue weighted by molar-refractivity contribution is 6.12. The van der Waals surface area contributed by atoms with Gasteiger partial charge in [-0.15, -0.1) is 0 Å². The second kappa shape index (κ2) is 12.8. The highest BCUT2D eigenvalue weighted by Gasteiger charge is 2.32. The predicted molar refractivity (Wildman–Crippen MR) is 158 cm³/mol. The van der Waals surface area contributed by atoms with Crippen LogP contribution in [0.2, 0.25) is 0 Å². The van der Waals surface area contributed by atoms with E-state index in [2.05, 4.69) is 10.6 Å². The average Bonchev–Trinajstić information content (AvgIpc) is 3.63. The quantitative estimate of drug-likeness (QED) is 0.192. The van der Waals surface area contributed by atoms with Crippen LogP contribution in [0.3, 0.4) is 0 Å². The lowest BCUT2D eigenvalue weighted by Gasteiger charge is -2.28. The third kappa shape index (κ3) is 6.70. The number of carboxylic acid groups (broad SMARTS) is 1. The predicted octanol–water partition coefficient (Wildman–Crippen LogP) is 4.06. The van der Waals surface area contributed by atoms with Crippen LogP contribution in [-0.4, -0.2) is 70.7 Å². The summed E-state index contributed by atoms with van der Waals surface area (Å²) in [5.74, 6) is -1.37. The van der Waals surface area contributed by atoms with Crippen LogP contribution in [0.1, 0.15) is 58.6 Å². The largest absolute Gasteiger partial charge is 0.478 e. The normalized spacial score (nSPS) is 17.7. The first-order valence-corrected chi connectivity index (χ1v) is 14.4. The van der Waals surface area contributed by atoms with Gasteiger partial charge < -0.3 is 30.0 Å². The molecule has 11 heteroatoms. The van der Waals surface area contributed by atoms with Crippen molar-refractivity contribution in [1.82, 2.24) is 15.1 Å². The zero-order valence-corrected chi connectivity index (χ0v) is 23.9. The van der Waals surface area contributed by atoms with Crippen LogP contribution in [0.4, 0.5) is 5.69 Å². The van der Waals surface area contributed by atoms with Crippen LogP contribution in [0.15, 0.2) is 64.3 Å². The van der Waals surface area contributed by atoms with Crippen molar-refractivity contribution in [1.29, 1.82) is 5.26 Å². The minimum Gasteiger partial charge on any atom is -0.478 e. The molecule has 2 amide bonds. The molecule has 2 saturated heterocycles. The smallest absolute Gasteiger partial charge is 0.335 e. The molecule has 222 valence electrons. The van der Waals surface area contributed by atoms with Gasteiger partial charge in [-0.1, -0.05) is 12.1 Å². The van der Waals surface area contributed by atoms with E-state index in [1.807, 2.05) is 25.1 Å². The van der Waals surface area contributed by atoms with E-state index in [0.29, 0.717) is 43.7 Å². The minimum atomic E-state index is -1.14. The maximum absolute atomic E-state index is 13.7. The van der Waals surface area contributed by atoms with E-state index in [1.54, 1.807) is 21.9 Å². The van der Waals surface area contributed by atoms with Crippen molar-refractivity contribution >= 4 is 40.2 Å². The van der Waals surface area contributed by atoms with Crippen molar-refractivity contribution in [3.05, 3.63) is 76.8 Å². The van der Waals surface area contributed by atoms with E-state index < -0.39 is 17.8 Å². The van der Waals surface area contributed by atoms with Gasteiger partial charge in [0, 0.05) is 36.3 Å². The minimum absolute atomic E-state index is 0.00633. The number of fused-ring (bicyclic) bond motifs is 1. The number of aromatic carboxylic acids is 1. The highest BCUT2D eigenvalue weighted by Crippen LogP contribution is 2.25. The lowest BCUT2D eigenvalue weighted by molar-refractivity contribution is -0.140. The van der Waals surface area contributed by atoms with Crippen LogP contribution in [0.5, 0.6) is 0 Å². The van der Waals surface area contributed by atoms with Crippen LogP contribution >= 0.6 is 0 Å². The fourth-order valence-corrected chi connectivity index (χ4v) is 5.50. The molecule has 3 aromatic rings. The number of amides is 2. The number of nitrogens with one attached hydrogen (secondary N) is 2. The fraction of sp³-hybridized carbons (Fsp3) is 0.344. The van der Waals surface area contributed by atoms with Crippen molar-refractivity contribution in [2.45, 2.75) is 45.1 Å². The number of aryl methyl sites for hydroxylation is 1. The van der Waals surface area contributed by atoms with Crippen LogP contribution in [-0.2, 0) is 9.59 Å². The number of hydrogen-bond acceptors (Lipinski definition) is 8. The van der Waals surface area contributed by atoms with Gasteiger partial charge in [0.2, 0.25) is 17.6 Å². The summed E-state index contributed by atoms with van der Waals surface area (Å²) in [5, 5.41) is 26.5. The van der Waals surface area contributed by atoms with Gasteiger partial charge in [0.15, 0.2) is 0 Å². The molecule has 0 unspecified atom stereocenters. The Morgan fingerprint density at radius 2 is 1.70 bits per heavy atom. The molecule has 0 saturated carbocycles. The Morgan fingerprint density at radius 1 is 1.00 bits per heavy atom. The molecular weight excluding hydrogens is 550 g/mol. The van der Waals surface area contributed by atoms with Crippen molar-refractivity contribution < 1.29 is 28.7 Å². The number of likely N-dealkylation sites (tertiary alicyclic amines) is 2. The van der Waals surface area contributed by atoms with Gasteiger partial charge >= 0.3 is 5.97 Å². The molecule has 0 radical (unpaired) electrons. The fourth-order valence-electron chi connectivity index (χ4n) is 5.50. The number of furan rings is 1. The summed E-state index contributed by atoms with van der Waals surface area (Å²) in [6, 6.07) is 13.7. The molecule has 0 aliphatic carbocycles. The molecule has 3 heterocycles. The number of hydrogen-bond donors (Lipinski definition) is 3. The van der Waals surface area contributed by atoms with Gasteiger partial charge in [-0.3, -0.25) is 14.4 Å². The van der Waals surface area contributed by atoms with E-state index in [4.69, 9.17) is 4.42 Å². The van der Waals surface area contributed by atoms with Crippen LogP contribution in [0, 0.1) is 18.3 Å². The topological polar surface area (TPSA) is 156 Å². The molecule has 1 atom stereocenters. The van der Waals surface area contributed by atoms with Crippen LogP contribution < -0.4 is 10.6 Å². The molecule has 3 N–H and O–H groups in total. The first kappa shape index (κ1) is 29.4. The van der Waals surface area contributed by atoms with Gasteiger partial charge in [0.1, 0.15) is 34.8 Å². The lowest BCUT2D eigenvalue weighted by Crippen LogP contribution is -2.49. The Morgan fingerprint density at radius 3 is 2.40 bits per heavy atom. The molecule has 2 aliphatic rings. The van der Waals surface area contributed by atoms with Crippen molar-refractivity contribution in [2.75, 3.05) is 31.5 Å². The lowest BCUT2D eigenvalue weighted by atomic mass is 10.0. The second-order valence-corrected chi connectivity index (χ2v) is 10.8. The molecule has 2 aromatic carbocycles. The number of anilines is 1. The standard InChI is InChI=1S/C32H33N5O6/c1-20-16-23-17-24(11-12-27(23)43-20)34-30(25(18-33)29(39)21-7-9-22(10-8-21)32(41)42)35-26-6-2-3-15-37(31(26)40)19-28(38)36-13-4-5-14-36/h7-12,16-17,26,34-35H,2-6,13-15,19H2,1H3,(H,41,42)/b30-25-/t26-/m0/s1. The summed E-state index contributed by atoms with van der Waals surface area (Å²) >= 11 is 0. The molecule has 43 heavy (non-hydrogen) atoms. The average molecular weight is 584 g/mol. The Balaban J connectivity index is 1.47. The molecule has 5 rings (SSSR count). The molecule has 0 spiro atoms. The van der Waals surface area contributed by atoms with E-state index in [1.165, 1.54) is 24.3 Å². The number of carbonyl (C=O) groups excluding carboxylic acids is 3. The Kier molecular flexibility index (Phi) is 8.76. The summed E-state index contributed by atoms with van der Waals surface area (Å²) in [7, 11) is 0. The van der Waals surface area contributed by atoms with Gasteiger partial charge in [0.05, 0.1) is 12.1 Å². The zero-order valence-electron chi connectivity index (χ0n) is 23.9. The second-order valence-electron chi connectivity index (χ2n) is 10.8. The Hall–Kier alpha value is -5.11. The number of carboxylic acids is 1. The van der Waals surface area contributed by atoms with Crippen molar-refractivity contribution in [2.24, 2.45) is 0 Å². The molecule has 2 fully saturated rings. The number of nitriles is 1. The molecule has 1 aromatic heterocycles. The summed E-state index contributed by atoms with van der Waals surface area (Å²) in [5.41, 5.74) is 1.08. The number of rotatable bonds is 9. The molecule has 0 bridgehead atoms. The van der Waals surface area contributed by atoms with E-state index in [-0.39, 0.29) is 40.9 Å². The first-order valence-electron chi connectivity index (χ1n) is 14.4. The molecule has 2 aliphatic heterocycles. The molecule has 11 nitrogen and oxygen atoms in total. The van der Waals surface area contributed by atoms with Gasteiger partial charge in [-0.2, -0.15) is 5.26 Å². The third-order valence-electron chi connectivity index (χ3n) is 7.78. The van der Waals surface area contributed by atoms with Gasteiger partial charge in [-0.25, -0.2) is 4.79 Å². The summed E-state index contributed by atoms with van der Waals surface area (Å²) in [6.45, 7) is 3.65. The van der Waals surface area contributed by atoms with Gasteiger partial charge in [-0.05, 0) is 75.4 Å². The summed E-state index contributed by atoms with van der Waals surface area (Å²) in [6.07, 6.45) is 3.78. The SMILES string of the molecule is Cc1cc2cc(N/C(N[C@H]3CCCCN(CC(=O)N4CCCC4)C3=O)=C(\C#N)C(=O)c3ccc(C(=O)O)cc3)ccc2o1. The zero-order chi connectivity index (χ0) is 30.5. The maximum Gasteiger partial charge on any atom is 0.335 e. The number of nitrogens with zero attached hydrogens (tertiary/aromatic N) is 3. The Bertz CT molecular complexity index is 1630. The summed E-state index contributed by atoms with van der Waals surface area (Å²) in [4.78, 5) is 54.8. The summed E-state index contributed by atoms with van der Waals surface area (Å²) < 4.78 is 5.66. The number of ketones is 1. The van der Waals surface area contributed by atoms with E-state index >= 15 is 0 Å². The highest BCUT2D eigenvalue weighted by atomic mass is 16.4. The monoisotopic (exact) mass is 583 g/mol. The van der Waals surface area contributed by atoms with E-state index in [0.717, 1.165) is 30.4 Å². The van der Waals surface area contributed by atoms with Gasteiger partial charge in [0.25, 0.3) is 0 Å². The number of carbonyl (C=O) groups is 4. The third-order valence-corrected chi connectivity index (χ3v) is 7.78. The number of benzene rings is 2. The maximum atomic E-state index is 13.7. The van der Waals surface area contributed by atoms with Crippen molar-refractivity contribution in [3.63, 3.8) is 0 Å². The van der Waals surface area contributed by atoms with Crippen molar-refractivity contribution in [3.8, 4) is 6.07 Å². The first-order chi connectivity index (χ1) is 20.7. The molecular formula is C32H33N5O6. The number of Topliss-reactive ketones (excluding diaryl/α,β-unsaturated/α-hetero) is 1.